The van der Waals surface area contributed by atoms with E-state index in [4.69, 9.17) is 9.15 Å². The maximum absolute atomic E-state index is 13.6. The minimum Gasteiger partial charge on any atom is -0.469 e. The zero-order valence-corrected chi connectivity index (χ0v) is 19.7. The third kappa shape index (κ3) is 3.76. The molecule has 180 valence electrons. The van der Waals surface area contributed by atoms with Gasteiger partial charge in [0.05, 0.1) is 45.2 Å². The molecule has 5 rings (SSSR count). The molecular formula is C22H17N3O8S2. The van der Waals surface area contributed by atoms with Crippen molar-refractivity contribution < 1.29 is 28.5 Å². The summed E-state index contributed by atoms with van der Waals surface area (Å²) >= 11 is 1.96. The van der Waals surface area contributed by atoms with E-state index in [-0.39, 0.29) is 24.5 Å². The fraction of sp³-hybridized carbons (Fsp3) is 0.273. The number of carbonyl (C=O) groups is 3. The van der Waals surface area contributed by atoms with Gasteiger partial charge < -0.3 is 9.15 Å². The van der Waals surface area contributed by atoms with Crippen molar-refractivity contribution in [3.63, 3.8) is 0 Å². The first-order chi connectivity index (χ1) is 16.8. The van der Waals surface area contributed by atoms with Crippen molar-refractivity contribution in [2.24, 2.45) is 5.92 Å². The topological polar surface area (TPSA) is 142 Å². The van der Waals surface area contributed by atoms with Gasteiger partial charge in [0.1, 0.15) is 17.6 Å². The number of non-ortho nitro benzene ring substituents is 1. The van der Waals surface area contributed by atoms with Gasteiger partial charge in [-0.1, -0.05) is 23.1 Å². The van der Waals surface area contributed by atoms with Crippen molar-refractivity contribution in [2.75, 3.05) is 11.5 Å². The van der Waals surface area contributed by atoms with Crippen molar-refractivity contribution in [1.29, 1.82) is 0 Å². The molecule has 2 aromatic heterocycles. The van der Waals surface area contributed by atoms with Gasteiger partial charge in [-0.05, 0) is 31.2 Å². The molecule has 1 aromatic carbocycles. The molecule has 4 heterocycles. The average Bonchev–Trinajstić information content (AvgIpc) is 3.52. The van der Waals surface area contributed by atoms with Crippen LogP contribution in [0.3, 0.4) is 0 Å². The number of esters is 1. The van der Waals surface area contributed by atoms with E-state index in [1.165, 1.54) is 35.1 Å². The van der Waals surface area contributed by atoms with E-state index in [1.807, 2.05) is 0 Å². The van der Waals surface area contributed by atoms with Crippen LogP contribution in [0.2, 0.25) is 0 Å². The fourth-order valence-corrected chi connectivity index (χ4v) is 7.10. The predicted molar refractivity (Wildman–Crippen MR) is 124 cm³/mol. The second-order valence-electron chi connectivity index (χ2n) is 7.77. The van der Waals surface area contributed by atoms with Crippen LogP contribution in [-0.2, 0) is 25.7 Å². The fourth-order valence-electron chi connectivity index (χ4n) is 4.34. The van der Waals surface area contributed by atoms with Crippen LogP contribution in [0.4, 0.5) is 11.4 Å². The summed E-state index contributed by atoms with van der Waals surface area (Å²) in [5, 5.41) is 10.5. The number of benzene rings is 1. The third-order valence-electron chi connectivity index (χ3n) is 5.81. The van der Waals surface area contributed by atoms with Gasteiger partial charge in [-0.25, -0.2) is 4.90 Å². The lowest BCUT2D eigenvalue weighted by Gasteiger charge is -2.28. The van der Waals surface area contributed by atoms with E-state index < -0.39 is 44.7 Å². The Morgan fingerprint density at radius 3 is 2.54 bits per heavy atom. The molecule has 0 radical (unpaired) electrons. The second-order valence-corrected chi connectivity index (χ2v) is 9.89. The molecule has 2 amide bonds. The molecule has 0 N–H and O–H groups in total. The van der Waals surface area contributed by atoms with Crippen LogP contribution in [0.1, 0.15) is 23.5 Å². The Balaban J connectivity index is 1.59. The van der Waals surface area contributed by atoms with Crippen molar-refractivity contribution in [1.82, 2.24) is 4.57 Å². The number of anilines is 1. The minimum absolute atomic E-state index is 0.157. The number of rotatable bonds is 6. The third-order valence-corrected chi connectivity index (χ3v) is 8.41. The van der Waals surface area contributed by atoms with Gasteiger partial charge >= 0.3 is 10.8 Å². The number of aromatic nitrogens is 1. The number of nitro benzene ring substituents is 1. The van der Waals surface area contributed by atoms with Gasteiger partial charge in [0.15, 0.2) is 0 Å². The van der Waals surface area contributed by atoms with E-state index in [0.717, 1.165) is 28.0 Å². The zero-order chi connectivity index (χ0) is 24.9. The Morgan fingerprint density at radius 2 is 1.91 bits per heavy atom. The van der Waals surface area contributed by atoms with Crippen LogP contribution in [0.25, 0.3) is 0 Å². The van der Waals surface area contributed by atoms with Crippen LogP contribution < -0.4 is 9.77 Å². The maximum Gasteiger partial charge on any atom is 0.326 e. The van der Waals surface area contributed by atoms with Gasteiger partial charge in [0, 0.05) is 12.1 Å². The summed E-state index contributed by atoms with van der Waals surface area (Å²) in [7, 11) is 0. The molecule has 1 fully saturated rings. The first-order valence-corrected chi connectivity index (χ1v) is 12.2. The van der Waals surface area contributed by atoms with E-state index >= 15 is 0 Å². The standard InChI is InChI=1S/C22H17N3O8S2/c1-2-32-14(26)10-23-21-18(35-22(23)29)15(13-4-3-9-33-13)16-17(34-21)20(28)24(19(16)27)11-5-7-12(8-6-11)25(30)31/h3-9,15-17H,2,10H2,1H3/t15-,16?,17?/m1/s1. The molecule has 3 aromatic rings. The number of imide groups is 1. The summed E-state index contributed by atoms with van der Waals surface area (Å²) in [5.74, 6) is -2.76. The van der Waals surface area contributed by atoms with Gasteiger partial charge in [0.25, 0.3) is 5.69 Å². The molecule has 1 saturated heterocycles. The van der Waals surface area contributed by atoms with Gasteiger partial charge in [-0.15, -0.1) is 0 Å². The molecular weight excluding hydrogens is 498 g/mol. The van der Waals surface area contributed by atoms with Crippen LogP contribution >= 0.6 is 23.1 Å². The number of fused-ring (bicyclic) bond motifs is 2. The Bertz CT molecular complexity index is 1390. The Labute approximate surface area is 205 Å². The molecule has 13 heteroatoms. The number of hydrogen-bond acceptors (Lipinski definition) is 10. The van der Waals surface area contributed by atoms with Crippen LogP contribution in [0, 0.1) is 16.0 Å². The highest BCUT2D eigenvalue weighted by Crippen LogP contribution is 2.53. The molecule has 0 aliphatic carbocycles. The molecule has 0 saturated carbocycles. The maximum atomic E-state index is 13.6. The zero-order valence-electron chi connectivity index (χ0n) is 18.1. The number of carbonyl (C=O) groups excluding carboxylic acids is 3. The SMILES string of the molecule is CCOC(=O)Cn1c2c(sc1=O)[C@H](c1ccco1)C1C(=O)N(c3ccc([N+](=O)[O-])cc3)C(=O)C1S2. The van der Waals surface area contributed by atoms with Crippen LogP contribution in [0.15, 0.2) is 56.9 Å². The Kier molecular flexibility index (Phi) is 5.81. The first-order valence-electron chi connectivity index (χ1n) is 10.5. The number of thiazole rings is 1. The van der Waals surface area contributed by atoms with Crippen LogP contribution in [0.5, 0.6) is 0 Å². The summed E-state index contributed by atoms with van der Waals surface area (Å²) in [4.78, 5) is 63.6. The smallest absolute Gasteiger partial charge is 0.326 e. The van der Waals surface area contributed by atoms with Crippen molar-refractivity contribution in [2.45, 2.75) is 29.7 Å². The number of hydrogen-bond donors (Lipinski definition) is 0. The lowest BCUT2D eigenvalue weighted by Crippen LogP contribution is -2.32. The normalized spacial score (nSPS) is 21.1. The highest BCUT2D eigenvalue weighted by Gasteiger charge is 2.57. The molecule has 3 atom stereocenters. The summed E-state index contributed by atoms with van der Waals surface area (Å²) < 4.78 is 11.9. The lowest BCUT2D eigenvalue weighted by molar-refractivity contribution is -0.384. The number of thioether (sulfide) groups is 1. The van der Waals surface area contributed by atoms with Crippen molar-refractivity contribution in [3.05, 3.63) is 73.1 Å². The van der Waals surface area contributed by atoms with Gasteiger partial charge in [-0.3, -0.25) is 33.9 Å². The molecule has 0 spiro atoms. The van der Waals surface area contributed by atoms with Crippen molar-refractivity contribution >= 4 is 52.3 Å². The lowest BCUT2D eigenvalue weighted by atomic mass is 9.87. The van der Waals surface area contributed by atoms with Gasteiger partial charge in [0.2, 0.25) is 11.8 Å². The monoisotopic (exact) mass is 515 g/mol. The summed E-state index contributed by atoms with van der Waals surface area (Å²) in [5.41, 5.74) is 0.0457. The van der Waals surface area contributed by atoms with Crippen LogP contribution in [-0.4, -0.2) is 39.1 Å². The highest BCUT2D eigenvalue weighted by atomic mass is 32.2. The van der Waals surface area contributed by atoms with E-state index in [2.05, 4.69) is 0 Å². The van der Waals surface area contributed by atoms with E-state index in [9.17, 15) is 29.3 Å². The number of nitro groups is 1. The van der Waals surface area contributed by atoms with Gasteiger partial charge in [-0.2, -0.15) is 0 Å². The molecule has 2 aliphatic heterocycles. The largest absolute Gasteiger partial charge is 0.469 e. The quantitative estimate of drug-likeness (QED) is 0.210. The predicted octanol–water partition coefficient (Wildman–Crippen LogP) is 2.77. The number of amides is 2. The summed E-state index contributed by atoms with van der Waals surface area (Å²) in [6.45, 7) is 1.50. The Hall–Kier alpha value is -3.71. The summed E-state index contributed by atoms with van der Waals surface area (Å²) in [6.07, 6.45) is 1.44. The molecule has 11 nitrogen and oxygen atoms in total. The number of nitrogens with zero attached hydrogens (tertiary/aromatic N) is 3. The molecule has 2 aliphatic rings. The molecule has 35 heavy (non-hydrogen) atoms. The average molecular weight is 516 g/mol. The molecule has 0 bridgehead atoms. The van der Waals surface area contributed by atoms with E-state index in [0.29, 0.717) is 15.7 Å². The highest BCUT2D eigenvalue weighted by molar-refractivity contribution is 8.00. The first kappa shape index (κ1) is 23.1. The molecule has 2 unspecified atom stereocenters. The minimum atomic E-state index is -0.886. The Morgan fingerprint density at radius 1 is 1.17 bits per heavy atom. The second kappa shape index (κ2) is 8.82. The number of furan rings is 1. The van der Waals surface area contributed by atoms with Crippen molar-refractivity contribution in [3.8, 4) is 0 Å². The summed E-state index contributed by atoms with van der Waals surface area (Å²) in [6, 6.07) is 8.48. The van der Waals surface area contributed by atoms with E-state index in [1.54, 1.807) is 19.1 Å². The number of ether oxygens (including phenoxy) is 1.